The number of nitrogens with one attached hydrogen (secondary N) is 2. The first kappa shape index (κ1) is 28.0. The second-order valence-corrected chi connectivity index (χ2v) is 9.03. The Morgan fingerprint density at radius 2 is 1.69 bits per heavy atom. The van der Waals surface area contributed by atoms with Crippen LogP contribution in [0, 0.1) is 0 Å². The maximum Gasteiger partial charge on any atom is 0.324 e. The van der Waals surface area contributed by atoms with Gasteiger partial charge in [0.2, 0.25) is 0 Å². The van der Waals surface area contributed by atoms with Gasteiger partial charge >= 0.3 is 23.9 Å². The molecule has 0 aliphatic carbocycles. The van der Waals surface area contributed by atoms with E-state index in [2.05, 4.69) is 25.6 Å². The van der Waals surface area contributed by atoms with Gasteiger partial charge < -0.3 is 24.3 Å². The van der Waals surface area contributed by atoms with E-state index in [4.69, 9.17) is 42.1 Å². The summed E-state index contributed by atoms with van der Waals surface area (Å²) in [5, 5.41) is 5.57. The van der Waals surface area contributed by atoms with E-state index in [0.29, 0.717) is 0 Å². The van der Waals surface area contributed by atoms with Crippen molar-refractivity contribution in [1.29, 1.82) is 0 Å². The van der Waals surface area contributed by atoms with E-state index in [1.165, 1.54) is 38.0 Å². The highest BCUT2D eigenvalue weighted by Crippen LogP contribution is 2.36. The molecular weight excluding hydrogens is 559 g/mol. The Hall–Kier alpha value is -4.01. The Labute approximate surface area is 230 Å². The molecule has 14 nitrogen and oxygen atoms in total. The van der Waals surface area contributed by atoms with Crippen LogP contribution in [0.25, 0.3) is 11.2 Å². The van der Waals surface area contributed by atoms with E-state index >= 15 is 0 Å². The van der Waals surface area contributed by atoms with E-state index in [9.17, 15) is 19.2 Å². The third-order valence-corrected chi connectivity index (χ3v) is 6.22. The van der Waals surface area contributed by atoms with Gasteiger partial charge in [0.1, 0.15) is 19.0 Å². The highest BCUT2D eigenvalue weighted by Gasteiger charge is 2.51. The maximum absolute atomic E-state index is 12.7. The van der Waals surface area contributed by atoms with Crippen molar-refractivity contribution < 1.29 is 38.1 Å². The molecule has 0 radical (unpaired) electrons. The van der Waals surface area contributed by atoms with Crippen LogP contribution in [0.3, 0.4) is 0 Å². The lowest BCUT2D eigenvalue weighted by atomic mass is 10.1. The molecule has 2 N–H and O–H groups in total. The average Bonchev–Trinajstić information content (AvgIpc) is 3.42. The summed E-state index contributed by atoms with van der Waals surface area (Å²) < 4.78 is 23.3. The van der Waals surface area contributed by atoms with Crippen molar-refractivity contribution in [2.24, 2.45) is 0 Å². The zero-order valence-electron chi connectivity index (χ0n) is 20.7. The molecule has 4 atom stereocenters. The molecule has 3 aromatic rings. The van der Waals surface area contributed by atoms with Gasteiger partial charge in [-0.3, -0.25) is 24.3 Å². The van der Waals surface area contributed by atoms with E-state index in [1.807, 2.05) is 0 Å². The predicted octanol–water partition coefficient (Wildman–Crippen LogP) is 3.10. The van der Waals surface area contributed by atoms with Gasteiger partial charge in [0.15, 0.2) is 35.4 Å². The molecule has 0 spiro atoms. The highest BCUT2D eigenvalue weighted by atomic mass is 35.5. The summed E-state index contributed by atoms with van der Waals surface area (Å²) in [5.41, 5.74) is 0.636. The van der Waals surface area contributed by atoms with Crippen molar-refractivity contribution in [1.82, 2.24) is 19.5 Å². The lowest BCUT2D eigenvalue weighted by Crippen LogP contribution is -2.40. The molecular formula is C23H22Cl2N6O8. The van der Waals surface area contributed by atoms with Gasteiger partial charge in [-0.2, -0.15) is 0 Å². The molecule has 206 valence electrons. The normalized spacial score (nSPS) is 20.3. The molecule has 1 aliphatic rings. The Morgan fingerprint density at radius 1 is 0.974 bits per heavy atom. The molecule has 1 saturated heterocycles. The fourth-order valence-corrected chi connectivity index (χ4v) is 4.26. The number of hydrogen-bond acceptors (Lipinski definition) is 11. The number of imidazole rings is 1. The Morgan fingerprint density at radius 3 is 2.38 bits per heavy atom. The van der Waals surface area contributed by atoms with E-state index in [1.54, 1.807) is 18.2 Å². The summed E-state index contributed by atoms with van der Waals surface area (Å²) in [6.45, 7) is 3.30. The Balaban J connectivity index is 1.64. The van der Waals surface area contributed by atoms with Crippen LogP contribution in [0.1, 0.15) is 27.0 Å². The number of esters is 3. The van der Waals surface area contributed by atoms with E-state index < -0.39 is 48.5 Å². The summed E-state index contributed by atoms with van der Waals surface area (Å²) in [6.07, 6.45) is -1.82. The minimum atomic E-state index is -1.15. The first-order valence-electron chi connectivity index (χ1n) is 11.4. The predicted molar refractivity (Wildman–Crippen MR) is 136 cm³/mol. The summed E-state index contributed by atoms with van der Waals surface area (Å²) in [5.74, 6) is -1.87. The van der Waals surface area contributed by atoms with Crippen LogP contribution >= 0.6 is 23.2 Å². The topological polar surface area (TPSA) is 173 Å². The van der Waals surface area contributed by atoms with Crippen molar-refractivity contribution in [2.45, 2.75) is 45.3 Å². The number of fused-ring (bicyclic) bond motifs is 1. The monoisotopic (exact) mass is 580 g/mol. The maximum atomic E-state index is 12.7. The van der Waals surface area contributed by atoms with Crippen LogP contribution < -0.4 is 10.6 Å². The number of halogens is 2. The van der Waals surface area contributed by atoms with Crippen LogP contribution in [-0.2, 0) is 33.3 Å². The largest absolute Gasteiger partial charge is 0.463 e. The number of carbonyl (C=O) groups excluding carboxylic acids is 4. The minimum absolute atomic E-state index is 0.0458. The van der Waals surface area contributed by atoms with Gasteiger partial charge in [-0.05, 0) is 12.1 Å². The number of urea groups is 1. The second kappa shape index (κ2) is 11.8. The third kappa shape index (κ3) is 6.35. The van der Waals surface area contributed by atoms with E-state index in [0.717, 1.165) is 0 Å². The van der Waals surface area contributed by atoms with Crippen LogP contribution in [-0.4, -0.2) is 68.4 Å². The number of amides is 2. The van der Waals surface area contributed by atoms with Crippen LogP contribution in [0.15, 0.2) is 30.9 Å². The minimum Gasteiger partial charge on any atom is -0.463 e. The first-order valence-corrected chi connectivity index (χ1v) is 12.1. The summed E-state index contributed by atoms with van der Waals surface area (Å²) in [7, 11) is 0. The Bertz CT molecular complexity index is 1430. The Kier molecular flexibility index (Phi) is 8.47. The third-order valence-electron chi connectivity index (χ3n) is 5.41. The van der Waals surface area contributed by atoms with Crippen molar-refractivity contribution in [2.75, 3.05) is 17.2 Å². The number of ether oxygens (including phenoxy) is 4. The molecule has 1 fully saturated rings. The fraction of sp³-hybridized carbons (Fsp3) is 0.348. The van der Waals surface area contributed by atoms with Gasteiger partial charge in [0.25, 0.3) is 0 Å². The number of anilines is 2. The number of rotatable bonds is 7. The molecule has 0 unspecified atom stereocenters. The molecule has 1 aliphatic heterocycles. The summed E-state index contributed by atoms with van der Waals surface area (Å²) >= 11 is 12.1. The molecule has 0 bridgehead atoms. The SMILES string of the molecule is CC(=O)OC[C@H]1O[C@@H](n2cnc3c(NC(=O)Nc4cccc(Cl)c4Cl)ncnc32)[C@H](OC(C)=O)[C@@H]1OC(C)=O. The molecule has 2 amide bonds. The molecule has 39 heavy (non-hydrogen) atoms. The summed E-state index contributed by atoms with van der Waals surface area (Å²) in [4.78, 5) is 60.4. The van der Waals surface area contributed by atoms with Gasteiger partial charge in [0, 0.05) is 20.8 Å². The smallest absolute Gasteiger partial charge is 0.324 e. The number of aromatic nitrogens is 4. The molecule has 2 aromatic heterocycles. The van der Waals surface area contributed by atoms with E-state index in [-0.39, 0.29) is 39.3 Å². The van der Waals surface area contributed by atoms with Crippen molar-refractivity contribution >= 4 is 69.8 Å². The standard InChI is InChI=1S/C23H22Cl2N6O8/c1-10(32)36-7-15-18(37-11(2)33)19(38-12(3)34)22(39-15)31-9-28-17-20(26-8-27-21(17)31)30-23(35)29-14-6-4-5-13(24)16(14)25/h4-6,8-9,15,18-19,22H,7H2,1-3H3,(H2,26,27,29,30,35)/t15-,18-,19-,22-/m1/s1. The molecule has 16 heteroatoms. The molecule has 0 saturated carbocycles. The second-order valence-electron chi connectivity index (χ2n) is 8.24. The van der Waals surface area contributed by atoms with Gasteiger partial charge in [-0.1, -0.05) is 29.3 Å². The molecule has 1 aromatic carbocycles. The lowest BCUT2D eigenvalue weighted by Gasteiger charge is -2.23. The highest BCUT2D eigenvalue weighted by molar-refractivity contribution is 6.44. The molecule has 3 heterocycles. The zero-order chi connectivity index (χ0) is 28.3. The van der Waals surface area contributed by atoms with Crippen LogP contribution in [0.5, 0.6) is 0 Å². The zero-order valence-corrected chi connectivity index (χ0v) is 22.2. The summed E-state index contributed by atoms with van der Waals surface area (Å²) in [6, 6.07) is 4.08. The van der Waals surface area contributed by atoms with Gasteiger partial charge in [-0.15, -0.1) is 0 Å². The van der Waals surface area contributed by atoms with Crippen LogP contribution in [0.4, 0.5) is 16.3 Å². The van der Waals surface area contributed by atoms with Crippen molar-refractivity contribution in [3.8, 4) is 0 Å². The lowest BCUT2D eigenvalue weighted by molar-refractivity contribution is -0.166. The first-order chi connectivity index (χ1) is 18.5. The van der Waals surface area contributed by atoms with Crippen molar-refractivity contribution in [3.05, 3.63) is 40.9 Å². The number of carbonyl (C=O) groups is 4. The van der Waals surface area contributed by atoms with Crippen molar-refractivity contribution in [3.63, 3.8) is 0 Å². The number of benzene rings is 1. The van der Waals surface area contributed by atoms with Crippen LogP contribution in [0.2, 0.25) is 10.0 Å². The fourth-order valence-electron chi connectivity index (χ4n) is 3.91. The molecule has 4 rings (SSSR count). The average molecular weight is 581 g/mol. The number of nitrogens with zero attached hydrogens (tertiary/aromatic N) is 4. The van der Waals surface area contributed by atoms with Gasteiger partial charge in [0.05, 0.1) is 22.1 Å². The number of hydrogen-bond donors (Lipinski definition) is 2. The van der Waals surface area contributed by atoms with Gasteiger partial charge in [-0.25, -0.2) is 19.7 Å². The quantitative estimate of drug-likeness (QED) is 0.310.